The largest absolute Gasteiger partial charge is 0.416 e. The Labute approximate surface area is 180 Å². The van der Waals surface area contributed by atoms with E-state index >= 15 is 0 Å². The lowest BCUT2D eigenvalue weighted by Crippen LogP contribution is -2.34. The lowest BCUT2D eigenvalue weighted by Gasteiger charge is -2.23. The summed E-state index contributed by atoms with van der Waals surface area (Å²) in [5.41, 5.74) is -0.970. The van der Waals surface area contributed by atoms with E-state index in [1.807, 2.05) is 6.92 Å². The first-order valence-electron chi connectivity index (χ1n) is 10.3. The summed E-state index contributed by atoms with van der Waals surface area (Å²) in [4.78, 5) is 45.7. The summed E-state index contributed by atoms with van der Waals surface area (Å²) >= 11 is 0. The molecule has 1 saturated carbocycles. The van der Waals surface area contributed by atoms with Crippen molar-refractivity contribution in [1.82, 2.24) is 19.4 Å². The van der Waals surface area contributed by atoms with Crippen molar-refractivity contribution in [2.45, 2.75) is 51.5 Å². The molecule has 1 amide bonds. The number of rotatable bonds is 6. The number of carbonyl (C=O) groups excluding carboxylic acids is 1. The lowest BCUT2D eigenvalue weighted by molar-refractivity contribution is -0.137. The fourth-order valence-corrected chi connectivity index (χ4v) is 3.63. The summed E-state index contributed by atoms with van der Waals surface area (Å²) in [6, 6.07) is 6.10. The summed E-state index contributed by atoms with van der Waals surface area (Å²) in [5, 5.41) is 0.133. The van der Waals surface area contributed by atoms with Crippen LogP contribution >= 0.6 is 0 Å². The molecule has 10 heteroatoms. The topological polar surface area (TPSA) is 88.1 Å². The van der Waals surface area contributed by atoms with Gasteiger partial charge in [0.15, 0.2) is 0 Å². The summed E-state index contributed by atoms with van der Waals surface area (Å²) in [5.74, 6) is -0.366. The molecule has 0 unspecified atom stereocenters. The number of pyridine rings is 1. The Balaban J connectivity index is 1.65. The van der Waals surface area contributed by atoms with E-state index in [0.29, 0.717) is 18.5 Å². The zero-order chi connectivity index (χ0) is 23.0. The van der Waals surface area contributed by atoms with E-state index in [0.717, 1.165) is 25.0 Å². The number of hydrogen-bond donors (Lipinski definition) is 1. The quantitative estimate of drug-likeness (QED) is 0.629. The lowest BCUT2D eigenvalue weighted by atomic mass is 10.1. The average molecular weight is 446 g/mol. The SMILES string of the molecule is CCCn1c(=O)[nH]c(=O)c2cc(C(=O)N(Cc3ccc(C(F)(F)F)cc3)C3CC3)cnc21. The van der Waals surface area contributed by atoms with Gasteiger partial charge >= 0.3 is 11.9 Å². The minimum absolute atomic E-state index is 0.0205. The minimum Gasteiger partial charge on any atom is -0.331 e. The molecule has 0 bridgehead atoms. The molecule has 0 atom stereocenters. The van der Waals surface area contributed by atoms with Crippen LogP contribution in [0, 0.1) is 0 Å². The predicted molar refractivity (Wildman–Crippen MR) is 111 cm³/mol. The molecule has 2 heterocycles. The Bertz CT molecular complexity index is 1270. The molecule has 4 rings (SSSR count). The van der Waals surface area contributed by atoms with E-state index in [1.165, 1.54) is 29.0 Å². The Hall–Kier alpha value is -3.43. The third-order valence-electron chi connectivity index (χ3n) is 5.41. The first kappa shape index (κ1) is 21.8. The fourth-order valence-electron chi connectivity index (χ4n) is 3.63. The van der Waals surface area contributed by atoms with E-state index in [1.54, 1.807) is 4.90 Å². The Kier molecular flexibility index (Phi) is 5.62. The summed E-state index contributed by atoms with van der Waals surface area (Å²) < 4.78 is 39.8. The molecule has 0 radical (unpaired) electrons. The second-order valence-corrected chi connectivity index (χ2v) is 7.86. The highest BCUT2D eigenvalue weighted by atomic mass is 19.4. The zero-order valence-corrected chi connectivity index (χ0v) is 17.3. The molecule has 1 aromatic carbocycles. The first-order chi connectivity index (χ1) is 15.2. The highest BCUT2D eigenvalue weighted by Crippen LogP contribution is 2.32. The van der Waals surface area contributed by atoms with Crippen LogP contribution in [0.1, 0.15) is 47.7 Å². The van der Waals surface area contributed by atoms with Gasteiger partial charge in [0, 0.05) is 25.3 Å². The molecule has 0 aliphatic heterocycles. The number of aromatic amines is 1. The van der Waals surface area contributed by atoms with Crippen molar-refractivity contribution in [3.63, 3.8) is 0 Å². The summed E-state index contributed by atoms with van der Waals surface area (Å²) in [6.45, 7) is 2.40. The molecule has 168 valence electrons. The van der Waals surface area contributed by atoms with Gasteiger partial charge in [0.05, 0.1) is 16.5 Å². The van der Waals surface area contributed by atoms with Gasteiger partial charge in [-0.3, -0.25) is 19.1 Å². The molecule has 1 fully saturated rings. The number of benzene rings is 1. The van der Waals surface area contributed by atoms with Crippen LogP contribution in [0.3, 0.4) is 0 Å². The van der Waals surface area contributed by atoms with Gasteiger partial charge < -0.3 is 4.90 Å². The highest BCUT2D eigenvalue weighted by molar-refractivity contribution is 5.97. The second kappa shape index (κ2) is 8.25. The van der Waals surface area contributed by atoms with Crippen LogP contribution < -0.4 is 11.2 Å². The number of amides is 1. The minimum atomic E-state index is -4.42. The maximum absolute atomic E-state index is 13.2. The van der Waals surface area contributed by atoms with E-state index in [4.69, 9.17) is 0 Å². The number of fused-ring (bicyclic) bond motifs is 1. The van der Waals surface area contributed by atoms with Crippen molar-refractivity contribution in [3.05, 3.63) is 74.1 Å². The molecular weight excluding hydrogens is 425 g/mol. The van der Waals surface area contributed by atoms with Crippen LogP contribution in [0.2, 0.25) is 0 Å². The number of alkyl halides is 3. The number of nitrogens with one attached hydrogen (secondary N) is 1. The molecular formula is C22H21F3N4O3. The van der Waals surface area contributed by atoms with Crippen molar-refractivity contribution in [2.75, 3.05) is 0 Å². The molecule has 32 heavy (non-hydrogen) atoms. The molecule has 1 aliphatic rings. The Morgan fingerprint density at radius 3 is 2.50 bits per heavy atom. The van der Waals surface area contributed by atoms with Gasteiger partial charge in [0.25, 0.3) is 11.5 Å². The van der Waals surface area contributed by atoms with E-state index < -0.39 is 23.0 Å². The van der Waals surface area contributed by atoms with Gasteiger partial charge in [0.1, 0.15) is 5.65 Å². The third kappa shape index (κ3) is 4.30. The van der Waals surface area contributed by atoms with E-state index in [2.05, 4.69) is 9.97 Å². The molecule has 2 aromatic heterocycles. The van der Waals surface area contributed by atoms with Gasteiger partial charge in [-0.25, -0.2) is 9.78 Å². The van der Waals surface area contributed by atoms with Gasteiger partial charge in [0.2, 0.25) is 0 Å². The summed E-state index contributed by atoms with van der Waals surface area (Å²) in [6.07, 6.45) is -0.842. The smallest absolute Gasteiger partial charge is 0.331 e. The van der Waals surface area contributed by atoms with E-state index in [-0.39, 0.29) is 35.1 Å². The van der Waals surface area contributed by atoms with Gasteiger partial charge in [-0.05, 0) is 43.0 Å². The van der Waals surface area contributed by atoms with E-state index in [9.17, 15) is 27.6 Å². The number of nitrogens with zero attached hydrogens (tertiary/aromatic N) is 3. The van der Waals surface area contributed by atoms with Crippen LogP contribution in [0.25, 0.3) is 11.0 Å². The van der Waals surface area contributed by atoms with Gasteiger partial charge in [-0.15, -0.1) is 0 Å². The standard InChI is InChI=1S/C22H21F3N4O3/c1-2-9-28-18-17(19(30)27-21(28)32)10-14(11-26-18)20(31)29(16-7-8-16)12-13-3-5-15(6-4-13)22(23,24)25/h3-6,10-11,16H,2,7-9,12H2,1H3,(H,27,30,32). The van der Waals surface area contributed by atoms with Crippen molar-refractivity contribution in [1.29, 1.82) is 0 Å². The molecule has 0 spiro atoms. The van der Waals surface area contributed by atoms with Crippen LogP contribution in [0.15, 0.2) is 46.1 Å². The molecule has 7 nitrogen and oxygen atoms in total. The third-order valence-corrected chi connectivity index (χ3v) is 5.41. The number of aryl methyl sites for hydroxylation is 1. The van der Waals surface area contributed by atoms with Crippen molar-refractivity contribution >= 4 is 16.9 Å². The second-order valence-electron chi connectivity index (χ2n) is 7.86. The summed E-state index contributed by atoms with van der Waals surface area (Å²) in [7, 11) is 0. The average Bonchev–Trinajstić information content (AvgIpc) is 3.59. The van der Waals surface area contributed by atoms with Crippen LogP contribution in [-0.4, -0.2) is 31.4 Å². The van der Waals surface area contributed by atoms with Crippen molar-refractivity contribution < 1.29 is 18.0 Å². The van der Waals surface area contributed by atoms with Gasteiger partial charge in [-0.1, -0.05) is 19.1 Å². The number of halogens is 3. The highest BCUT2D eigenvalue weighted by Gasteiger charge is 2.34. The number of carbonyl (C=O) groups is 1. The molecule has 0 saturated heterocycles. The van der Waals surface area contributed by atoms with Crippen molar-refractivity contribution in [3.8, 4) is 0 Å². The zero-order valence-electron chi connectivity index (χ0n) is 17.3. The monoisotopic (exact) mass is 446 g/mol. The number of hydrogen-bond acceptors (Lipinski definition) is 4. The van der Waals surface area contributed by atoms with Crippen LogP contribution in [0.4, 0.5) is 13.2 Å². The molecule has 3 aromatic rings. The maximum atomic E-state index is 13.2. The Morgan fingerprint density at radius 2 is 1.91 bits per heavy atom. The van der Waals surface area contributed by atoms with Gasteiger partial charge in [-0.2, -0.15) is 13.2 Å². The molecule has 1 aliphatic carbocycles. The Morgan fingerprint density at radius 1 is 1.22 bits per heavy atom. The number of H-pyrrole nitrogens is 1. The van der Waals surface area contributed by atoms with Crippen molar-refractivity contribution in [2.24, 2.45) is 0 Å². The number of aromatic nitrogens is 3. The molecule has 1 N–H and O–H groups in total. The first-order valence-corrected chi connectivity index (χ1v) is 10.3. The van der Waals surface area contributed by atoms with Crippen LogP contribution in [0.5, 0.6) is 0 Å². The fraction of sp³-hybridized carbons (Fsp3) is 0.364. The predicted octanol–water partition coefficient (Wildman–Crippen LogP) is 3.32. The maximum Gasteiger partial charge on any atom is 0.416 e. The normalized spacial score (nSPS) is 14.0. The van der Waals surface area contributed by atoms with Crippen LogP contribution in [-0.2, 0) is 19.3 Å².